The Labute approximate surface area is 137 Å². The van der Waals surface area contributed by atoms with Gasteiger partial charge >= 0.3 is 0 Å². The van der Waals surface area contributed by atoms with Gasteiger partial charge in [-0.25, -0.2) is 0 Å². The molecule has 0 aromatic heterocycles. The lowest BCUT2D eigenvalue weighted by molar-refractivity contribution is 0.483. The van der Waals surface area contributed by atoms with Crippen molar-refractivity contribution in [2.45, 2.75) is 0 Å². The number of hydrogen-bond donors (Lipinski definition) is 2. The van der Waals surface area contributed by atoms with Crippen molar-refractivity contribution in [1.82, 2.24) is 0 Å². The molecule has 0 aliphatic rings. The van der Waals surface area contributed by atoms with E-state index in [1.165, 1.54) is 0 Å². The minimum absolute atomic E-state index is 0.709. The molecule has 22 heavy (non-hydrogen) atoms. The fourth-order valence-electron chi connectivity index (χ4n) is 2.15. The van der Waals surface area contributed by atoms with E-state index in [2.05, 4.69) is 15.9 Å². The van der Waals surface area contributed by atoms with E-state index in [0.29, 0.717) is 11.4 Å². The quantitative estimate of drug-likeness (QED) is 0.645. The molecule has 0 radical (unpaired) electrons. The Balaban J connectivity index is 1.92. The van der Waals surface area contributed by atoms with Crippen molar-refractivity contribution < 1.29 is 4.74 Å². The second-order valence-electron chi connectivity index (χ2n) is 4.93. The van der Waals surface area contributed by atoms with Gasteiger partial charge in [0, 0.05) is 21.4 Å². The highest BCUT2D eigenvalue weighted by Crippen LogP contribution is 2.32. The molecule has 0 unspecified atom stereocenters. The lowest BCUT2D eigenvalue weighted by atomic mass is 10.0. The van der Waals surface area contributed by atoms with Crippen LogP contribution in [0.3, 0.4) is 0 Å². The lowest BCUT2D eigenvalue weighted by Crippen LogP contribution is -1.92. The van der Waals surface area contributed by atoms with Crippen molar-refractivity contribution in [3.05, 3.63) is 71.2 Å². The van der Waals surface area contributed by atoms with Gasteiger partial charge in [0.2, 0.25) is 0 Å². The van der Waals surface area contributed by atoms with Crippen LogP contribution in [0.5, 0.6) is 11.5 Å². The Bertz CT molecular complexity index is 783. The molecule has 0 amide bonds. The normalized spacial score (nSPS) is 10.4. The number of anilines is 2. The predicted molar refractivity (Wildman–Crippen MR) is 94.9 cm³/mol. The fourth-order valence-corrected chi connectivity index (χ4v) is 2.41. The van der Waals surface area contributed by atoms with Gasteiger partial charge < -0.3 is 16.2 Å². The Morgan fingerprint density at radius 3 is 2.05 bits per heavy atom. The van der Waals surface area contributed by atoms with Gasteiger partial charge in [-0.15, -0.1) is 0 Å². The topological polar surface area (TPSA) is 61.3 Å². The molecule has 0 aliphatic heterocycles. The maximum absolute atomic E-state index is 6.09. The van der Waals surface area contributed by atoms with E-state index in [0.717, 1.165) is 27.1 Å². The first-order valence-electron chi connectivity index (χ1n) is 6.81. The molecule has 0 atom stereocenters. The molecule has 3 rings (SSSR count). The number of nitrogen functional groups attached to an aromatic ring is 2. The van der Waals surface area contributed by atoms with Crippen molar-refractivity contribution in [1.29, 1.82) is 0 Å². The smallest absolute Gasteiger partial charge is 0.128 e. The van der Waals surface area contributed by atoms with Crippen molar-refractivity contribution in [2.24, 2.45) is 0 Å². The summed E-state index contributed by atoms with van der Waals surface area (Å²) in [6, 6.07) is 20.9. The van der Waals surface area contributed by atoms with Gasteiger partial charge in [0.15, 0.2) is 0 Å². The van der Waals surface area contributed by atoms with E-state index in [1.54, 1.807) is 0 Å². The highest BCUT2D eigenvalue weighted by Gasteiger charge is 2.06. The second kappa shape index (κ2) is 6.12. The fraction of sp³-hybridized carbons (Fsp3) is 0. The van der Waals surface area contributed by atoms with Crippen molar-refractivity contribution in [2.75, 3.05) is 11.5 Å². The monoisotopic (exact) mass is 354 g/mol. The summed E-state index contributed by atoms with van der Waals surface area (Å²) >= 11 is 3.43. The molecule has 0 saturated heterocycles. The Morgan fingerprint density at radius 2 is 1.36 bits per heavy atom. The van der Waals surface area contributed by atoms with Crippen LogP contribution < -0.4 is 16.2 Å². The SMILES string of the molecule is Nc1ccc(Oc2ccc(N)c(-c3ccc(Br)cc3)c2)cc1. The highest BCUT2D eigenvalue weighted by atomic mass is 79.9. The van der Waals surface area contributed by atoms with Crippen LogP contribution in [0.2, 0.25) is 0 Å². The van der Waals surface area contributed by atoms with Crippen LogP contribution in [0.25, 0.3) is 11.1 Å². The molecule has 0 bridgehead atoms. The third-order valence-electron chi connectivity index (χ3n) is 3.30. The first kappa shape index (κ1) is 14.5. The summed E-state index contributed by atoms with van der Waals surface area (Å²) in [6.45, 7) is 0. The van der Waals surface area contributed by atoms with Crippen LogP contribution >= 0.6 is 15.9 Å². The Morgan fingerprint density at radius 1 is 0.727 bits per heavy atom. The number of nitrogens with two attached hydrogens (primary N) is 2. The van der Waals surface area contributed by atoms with E-state index < -0.39 is 0 Å². The van der Waals surface area contributed by atoms with Gasteiger partial charge in [0.1, 0.15) is 11.5 Å². The summed E-state index contributed by atoms with van der Waals surface area (Å²) < 4.78 is 6.89. The first-order chi connectivity index (χ1) is 10.6. The second-order valence-corrected chi connectivity index (χ2v) is 5.84. The number of ether oxygens (including phenoxy) is 1. The average Bonchev–Trinajstić information content (AvgIpc) is 2.52. The summed E-state index contributed by atoms with van der Waals surface area (Å²) in [4.78, 5) is 0. The zero-order chi connectivity index (χ0) is 15.5. The van der Waals surface area contributed by atoms with Crippen LogP contribution in [0.15, 0.2) is 71.2 Å². The first-order valence-corrected chi connectivity index (χ1v) is 7.60. The average molecular weight is 355 g/mol. The van der Waals surface area contributed by atoms with Crippen LogP contribution in [0.4, 0.5) is 11.4 Å². The molecule has 4 heteroatoms. The van der Waals surface area contributed by atoms with Gasteiger partial charge in [0.05, 0.1) is 0 Å². The van der Waals surface area contributed by atoms with Crippen LogP contribution in [0.1, 0.15) is 0 Å². The molecule has 0 heterocycles. The maximum Gasteiger partial charge on any atom is 0.128 e. The number of rotatable bonds is 3. The van der Waals surface area contributed by atoms with Gasteiger partial charge in [-0.2, -0.15) is 0 Å². The standard InChI is InChI=1S/C18H15BrN2O/c19-13-3-1-12(2-4-13)17-11-16(9-10-18(17)21)22-15-7-5-14(20)6-8-15/h1-11H,20-21H2. The van der Waals surface area contributed by atoms with Gasteiger partial charge in [0.25, 0.3) is 0 Å². The van der Waals surface area contributed by atoms with E-state index in [-0.39, 0.29) is 0 Å². The predicted octanol–water partition coefficient (Wildman–Crippen LogP) is 5.07. The molecule has 0 spiro atoms. The Hall–Kier alpha value is -2.46. The molecule has 3 aromatic carbocycles. The Kier molecular flexibility index (Phi) is 4.02. The lowest BCUT2D eigenvalue weighted by Gasteiger charge is -2.11. The molecule has 110 valence electrons. The van der Waals surface area contributed by atoms with E-state index >= 15 is 0 Å². The summed E-state index contributed by atoms with van der Waals surface area (Å²) in [7, 11) is 0. The summed E-state index contributed by atoms with van der Waals surface area (Å²) in [5.74, 6) is 1.47. The highest BCUT2D eigenvalue weighted by molar-refractivity contribution is 9.10. The van der Waals surface area contributed by atoms with Gasteiger partial charge in [-0.1, -0.05) is 28.1 Å². The third kappa shape index (κ3) is 3.23. The van der Waals surface area contributed by atoms with E-state index in [9.17, 15) is 0 Å². The van der Waals surface area contributed by atoms with Crippen LogP contribution in [-0.4, -0.2) is 0 Å². The number of hydrogen-bond acceptors (Lipinski definition) is 3. The molecular weight excluding hydrogens is 340 g/mol. The minimum atomic E-state index is 0.709. The van der Waals surface area contributed by atoms with Crippen molar-refractivity contribution in [3.63, 3.8) is 0 Å². The summed E-state index contributed by atoms with van der Waals surface area (Å²) in [5, 5.41) is 0. The van der Waals surface area contributed by atoms with Crippen molar-refractivity contribution in [3.8, 4) is 22.6 Å². The molecule has 0 aliphatic carbocycles. The van der Waals surface area contributed by atoms with E-state index in [1.807, 2.05) is 66.7 Å². The summed E-state index contributed by atoms with van der Waals surface area (Å²) in [5.41, 5.74) is 15.2. The van der Waals surface area contributed by atoms with Crippen LogP contribution in [0, 0.1) is 0 Å². The zero-order valence-electron chi connectivity index (χ0n) is 11.8. The molecule has 0 fully saturated rings. The number of halogens is 1. The zero-order valence-corrected chi connectivity index (χ0v) is 13.4. The maximum atomic E-state index is 6.09. The molecular formula is C18H15BrN2O. The van der Waals surface area contributed by atoms with Crippen molar-refractivity contribution >= 4 is 27.3 Å². The number of benzene rings is 3. The van der Waals surface area contributed by atoms with Gasteiger partial charge in [-0.05, 0) is 60.2 Å². The van der Waals surface area contributed by atoms with Crippen LogP contribution in [-0.2, 0) is 0 Å². The van der Waals surface area contributed by atoms with Gasteiger partial charge in [-0.3, -0.25) is 0 Å². The third-order valence-corrected chi connectivity index (χ3v) is 3.82. The molecule has 3 aromatic rings. The van der Waals surface area contributed by atoms with E-state index in [4.69, 9.17) is 16.2 Å². The minimum Gasteiger partial charge on any atom is -0.457 e. The molecule has 0 saturated carbocycles. The largest absolute Gasteiger partial charge is 0.457 e. The molecule has 3 nitrogen and oxygen atoms in total. The summed E-state index contributed by atoms with van der Waals surface area (Å²) in [6.07, 6.45) is 0. The molecule has 4 N–H and O–H groups in total.